The molecule has 6 nitrogen and oxygen atoms in total. The minimum absolute atomic E-state index is 0.0881. The van der Waals surface area contributed by atoms with Gasteiger partial charge in [-0.2, -0.15) is 18.4 Å². The Morgan fingerprint density at radius 3 is 2.82 bits per heavy atom. The zero-order valence-corrected chi connectivity index (χ0v) is 8.65. The number of aliphatic hydroxyl groups excluding tert-OH is 1. The third kappa shape index (κ3) is 4.38. The summed E-state index contributed by atoms with van der Waals surface area (Å²) < 4.78 is 37.1. The minimum Gasteiger partial charge on any atom is -0.394 e. The molecule has 1 atom stereocenters. The van der Waals surface area contributed by atoms with Crippen molar-refractivity contribution < 1.29 is 18.3 Å². The lowest BCUT2D eigenvalue weighted by Crippen LogP contribution is -2.31. The summed E-state index contributed by atoms with van der Waals surface area (Å²) in [4.78, 5) is 0. The zero-order valence-electron chi connectivity index (χ0n) is 8.65. The van der Waals surface area contributed by atoms with E-state index in [4.69, 9.17) is 10.4 Å². The maximum Gasteiger partial charge on any atom is 0.401 e. The molecule has 1 aromatic rings. The first-order valence-corrected chi connectivity index (χ1v) is 4.67. The van der Waals surface area contributed by atoms with Crippen molar-refractivity contribution in [2.45, 2.75) is 18.8 Å². The Kier molecular flexibility index (Phi) is 4.42. The predicted octanol–water partition coefficient (Wildman–Crippen LogP) is -0.0130. The van der Waals surface area contributed by atoms with Gasteiger partial charge in [0.25, 0.3) is 0 Å². The summed E-state index contributed by atoms with van der Waals surface area (Å²) in [7, 11) is 0. The number of halogens is 3. The summed E-state index contributed by atoms with van der Waals surface area (Å²) in [5.74, 6) is 0. The Bertz CT molecular complexity index is 397. The lowest BCUT2D eigenvalue weighted by molar-refractivity contribution is -0.125. The van der Waals surface area contributed by atoms with E-state index in [0.29, 0.717) is 0 Å². The fourth-order valence-electron chi connectivity index (χ4n) is 1.09. The van der Waals surface area contributed by atoms with Crippen LogP contribution < -0.4 is 5.32 Å². The molecule has 17 heavy (non-hydrogen) atoms. The van der Waals surface area contributed by atoms with Gasteiger partial charge in [-0.1, -0.05) is 5.21 Å². The van der Waals surface area contributed by atoms with Gasteiger partial charge in [-0.3, -0.25) is 5.32 Å². The number of alkyl halides is 3. The maximum absolute atomic E-state index is 11.9. The van der Waals surface area contributed by atoms with Crippen molar-refractivity contribution in [1.82, 2.24) is 20.3 Å². The molecule has 94 valence electrons. The smallest absolute Gasteiger partial charge is 0.394 e. The standard InChI is InChI=1S/C8H10F3N5O/c9-8(10,11)5-13-6(3-12)7-4-16(1-2-17)15-14-7/h4,6,13,17H,1-2,5H2. The van der Waals surface area contributed by atoms with Crippen molar-refractivity contribution >= 4 is 0 Å². The number of rotatable bonds is 5. The Morgan fingerprint density at radius 1 is 1.59 bits per heavy atom. The molecule has 0 aromatic carbocycles. The molecule has 0 saturated carbocycles. The average Bonchev–Trinajstić information content (AvgIpc) is 2.66. The van der Waals surface area contributed by atoms with Gasteiger partial charge in [0, 0.05) is 0 Å². The summed E-state index contributed by atoms with van der Waals surface area (Å²) in [5.41, 5.74) is 0.0881. The molecule has 0 radical (unpaired) electrons. The number of aromatic nitrogens is 3. The van der Waals surface area contributed by atoms with Gasteiger partial charge in [-0.15, -0.1) is 5.10 Å². The molecular formula is C8H10F3N5O. The summed E-state index contributed by atoms with van der Waals surface area (Å²) in [6.07, 6.45) is -3.08. The molecule has 9 heteroatoms. The second kappa shape index (κ2) is 5.60. The summed E-state index contributed by atoms with van der Waals surface area (Å²) in [6.45, 7) is -1.28. The zero-order chi connectivity index (χ0) is 12.9. The van der Waals surface area contributed by atoms with Gasteiger partial charge in [0.1, 0.15) is 11.7 Å². The molecule has 1 rings (SSSR count). The van der Waals surface area contributed by atoms with Crippen LogP contribution in [0.5, 0.6) is 0 Å². The van der Waals surface area contributed by atoms with Crippen molar-refractivity contribution in [2.75, 3.05) is 13.2 Å². The number of aliphatic hydroxyl groups is 1. The molecular weight excluding hydrogens is 239 g/mol. The Hall–Kier alpha value is -1.66. The number of hydrogen-bond acceptors (Lipinski definition) is 5. The summed E-state index contributed by atoms with van der Waals surface area (Å²) in [5, 5.41) is 26.5. The highest BCUT2D eigenvalue weighted by Gasteiger charge is 2.29. The second-order valence-corrected chi connectivity index (χ2v) is 3.19. The van der Waals surface area contributed by atoms with Gasteiger partial charge >= 0.3 is 6.18 Å². The molecule has 0 amide bonds. The number of nitriles is 1. The van der Waals surface area contributed by atoms with Crippen LogP contribution in [-0.4, -0.2) is 39.4 Å². The molecule has 0 spiro atoms. The maximum atomic E-state index is 11.9. The van der Waals surface area contributed by atoms with E-state index in [1.165, 1.54) is 10.9 Å². The molecule has 2 N–H and O–H groups in total. The van der Waals surface area contributed by atoms with Crippen LogP contribution in [0, 0.1) is 11.3 Å². The van der Waals surface area contributed by atoms with Crippen molar-refractivity contribution in [1.29, 1.82) is 5.26 Å². The van der Waals surface area contributed by atoms with Gasteiger partial charge in [-0.25, -0.2) is 4.68 Å². The second-order valence-electron chi connectivity index (χ2n) is 3.19. The highest BCUT2D eigenvalue weighted by molar-refractivity contribution is 5.10. The lowest BCUT2D eigenvalue weighted by atomic mass is 10.2. The molecule has 0 saturated heterocycles. The van der Waals surface area contributed by atoms with E-state index < -0.39 is 18.8 Å². The Balaban J connectivity index is 2.64. The van der Waals surface area contributed by atoms with Crippen molar-refractivity contribution in [2.24, 2.45) is 0 Å². The van der Waals surface area contributed by atoms with Crippen LogP contribution in [0.25, 0.3) is 0 Å². The van der Waals surface area contributed by atoms with E-state index >= 15 is 0 Å². The van der Waals surface area contributed by atoms with E-state index in [2.05, 4.69) is 10.3 Å². The van der Waals surface area contributed by atoms with E-state index in [9.17, 15) is 13.2 Å². The molecule has 1 unspecified atom stereocenters. The normalized spacial score (nSPS) is 13.4. The van der Waals surface area contributed by atoms with Crippen LogP contribution in [-0.2, 0) is 6.54 Å². The van der Waals surface area contributed by atoms with E-state index in [-0.39, 0.29) is 18.8 Å². The first-order valence-electron chi connectivity index (χ1n) is 4.67. The number of hydrogen-bond donors (Lipinski definition) is 2. The topological polar surface area (TPSA) is 86.8 Å². The van der Waals surface area contributed by atoms with Crippen LogP contribution in [0.15, 0.2) is 6.20 Å². The molecule has 0 aliphatic carbocycles. The van der Waals surface area contributed by atoms with E-state index in [0.717, 1.165) is 0 Å². The van der Waals surface area contributed by atoms with E-state index in [1.54, 1.807) is 6.07 Å². The molecule has 0 fully saturated rings. The fourth-order valence-corrected chi connectivity index (χ4v) is 1.09. The van der Waals surface area contributed by atoms with Crippen molar-refractivity contribution in [3.8, 4) is 6.07 Å². The number of nitrogens with one attached hydrogen (secondary N) is 1. The first kappa shape index (κ1) is 13.4. The predicted molar refractivity (Wildman–Crippen MR) is 49.5 cm³/mol. The van der Waals surface area contributed by atoms with E-state index in [1.807, 2.05) is 5.32 Å². The summed E-state index contributed by atoms with van der Waals surface area (Å²) in [6, 6.07) is 0.480. The van der Waals surface area contributed by atoms with Gasteiger partial charge in [0.2, 0.25) is 0 Å². The monoisotopic (exact) mass is 249 g/mol. The van der Waals surface area contributed by atoms with Gasteiger partial charge in [-0.05, 0) is 0 Å². The fraction of sp³-hybridized carbons (Fsp3) is 0.625. The first-order chi connectivity index (χ1) is 7.96. The Labute approximate surface area is 94.6 Å². The SMILES string of the molecule is N#CC(NCC(F)(F)F)c1cn(CCO)nn1. The molecule has 0 aliphatic rings. The third-order valence-electron chi connectivity index (χ3n) is 1.82. The largest absolute Gasteiger partial charge is 0.401 e. The lowest BCUT2D eigenvalue weighted by Gasteiger charge is -2.10. The molecule has 0 aliphatic heterocycles. The van der Waals surface area contributed by atoms with Crippen molar-refractivity contribution in [3.05, 3.63) is 11.9 Å². The average molecular weight is 249 g/mol. The van der Waals surface area contributed by atoms with Gasteiger partial charge in [0.15, 0.2) is 0 Å². The summed E-state index contributed by atoms with van der Waals surface area (Å²) >= 11 is 0. The third-order valence-corrected chi connectivity index (χ3v) is 1.82. The molecule has 0 bridgehead atoms. The van der Waals surface area contributed by atoms with Crippen LogP contribution in [0.1, 0.15) is 11.7 Å². The van der Waals surface area contributed by atoms with Gasteiger partial charge < -0.3 is 5.11 Å². The van der Waals surface area contributed by atoms with Crippen LogP contribution in [0.4, 0.5) is 13.2 Å². The molecule has 1 heterocycles. The molecule has 1 aromatic heterocycles. The van der Waals surface area contributed by atoms with Crippen LogP contribution in [0.2, 0.25) is 0 Å². The quantitative estimate of drug-likeness (QED) is 0.766. The van der Waals surface area contributed by atoms with Gasteiger partial charge in [0.05, 0.1) is 32.0 Å². The van der Waals surface area contributed by atoms with Crippen LogP contribution in [0.3, 0.4) is 0 Å². The minimum atomic E-state index is -4.39. The van der Waals surface area contributed by atoms with Crippen molar-refractivity contribution in [3.63, 3.8) is 0 Å². The highest BCUT2D eigenvalue weighted by atomic mass is 19.4. The highest BCUT2D eigenvalue weighted by Crippen LogP contribution is 2.15. The van der Waals surface area contributed by atoms with Crippen LogP contribution >= 0.6 is 0 Å². The number of nitrogens with zero attached hydrogens (tertiary/aromatic N) is 4. The Morgan fingerprint density at radius 2 is 2.29 bits per heavy atom.